The highest BCUT2D eigenvalue weighted by molar-refractivity contribution is 6.52. The standard InChI is InChI=1S/C29H26Cl2N2O6/c1-5-16-9-11-17(12-10-16)24-22(25(35)20-14-21(30)28(39-4)23(31)27(20)38-3)26(36)29(37)33(24)19-8-6-7-18(13-19)32-15(2)34/h6-14,24,35H,5H2,1-4H3,(H,32,34)/b25-22+. The van der Waals surface area contributed by atoms with Gasteiger partial charge < -0.3 is 19.9 Å². The zero-order valence-electron chi connectivity index (χ0n) is 21.7. The third-order valence-corrected chi connectivity index (χ3v) is 7.01. The Balaban J connectivity index is 1.99. The van der Waals surface area contributed by atoms with Crippen LogP contribution in [0.2, 0.25) is 10.0 Å². The first-order valence-electron chi connectivity index (χ1n) is 12.0. The summed E-state index contributed by atoms with van der Waals surface area (Å²) in [6, 6.07) is 14.3. The zero-order valence-corrected chi connectivity index (χ0v) is 23.2. The van der Waals surface area contributed by atoms with Gasteiger partial charge in [-0.1, -0.05) is 60.5 Å². The molecule has 1 heterocycles. The SMILES string of the molecule is CCc1ccc(C2/C(=C(\O)c3cc(Cl)c(OC)c(Cl)c3OC)C(=O)C(=O)N2c2cccc(NC(C)=O)c2)cc1. The van der Waals surface area contributed by atoms with E-state index in [4.69, 9.17) is 32.7 Å². The number of hydrogen-bond acceptors (Lipinski definition) is 6. The molecule has 1 saturated heterocycles. The number of rotatable bonds is 7. The van der Waals surface area contributed by atoms with Crippen molar-refractivity contribution in [1.29, 1.82) is 0 Å². The molecular formula is C29H26Cl2N2O6. The molecule has 2 N–H and O–H groups in total. The number of benzene rings is 3. The average Bonchev–Trinajstić information content (AvgIpc) is 3.18. The Morgan fingerprint density at radius 3 is 2.28 bits per heavy atom. The van der Waals surface area contributed by atoms with Gasteiger partial charge in [-0.05, 0) is 41.8 Å². The smallest absolute Gasteiger partial charge is 0.300 e. The number of carbonyl (C=O) groups is 3. The van der Waals surface area contributed by atoms with Gasteiger partial charge in [0.05, 0.1) is 36.4 Å². The molecule has 0 aromatic heterocycles. The Morgan fingerprint density at radius 2 is 1.69 bits per heavy atom. The van der Waals surface area contributed by atoms with E-state index in [1.54, 1.807) is 36.4 Å². The predicted molar refractivity (Wildman–Crippen MR) is 151 cm³/mol. The molecule has 3 aromatic rings. The Bertz CT molecular complexity index is 1500. The summed E-state index contributed by atoms with van der Waals surface area (Å²) >= 11 is 12.8. The number of methoxy groups -OCH3 is 2. The zero-order chi connectivity index (χ0) is 28.4. The van der Waals surface area contributed by atoms with Gasteiger partial charge in [-0.3, -0.25) is 19.3 Å². The van der Waals surface area contributed by atoms with Crippen molar-refractivity contribution in [3.8, 4) is 11.5 Å². The van der Waals surface area contributed by atoms with Crippen molar-refractivity contribution in [2.24, 2.45) is 0 Å². The first-order valence-corrected chi connectivity index (χ1v) is 12.8. The van der Waals surface area contributed by atoms with E-state index in [2.05, 4.69) is 5.32 Å². The van der Waals surface area contributed by atoms with Gasteiger partial charge in [-0.15, -0.1) is 0 Å². The van der Waals surface area contributed by atoms with Crippen molar-refractivity contribution in [2.45, 2.75) is 26.3 Å². The average molecular weight is 569 g/mol. The molecule has 39 heavy (non-hydrogen) atoms. The van der Waals surface area contributed by atoms with Crippen molar-refractivity contribution in [2.75, 3.05) is 24.4 Å². The second kappa shape index (κ2) is 11.4. The lowest BCUT2D eigenvalue weighted by atomic mass is 9.94. The Labute approximate surface area is 235 Å². The van der Waals surface area contributed by atoms with Crippen LogP contribution in [0, 0.1) is 0 Å². The molecule has 0 radical (unpaired) electrons. The maximum Gasteiger partial charge on any atom is 0.300 e. The van der Waals surface area contributed by atoms with Crippen molar-refractivity contribution < 1.29 is 29.0 Å². The van der Waals surface area contributed by atoms with Crippen molar-refractivity contribution in [1.82, 2.24) is 0 Å². The highest BCUT2D eigenvalue weighted by Crippen LogP contribution is 2.48. The van der Waals surface area contributed by atoms with E-state index in [0.717, 1.165) is 12.0 Å². The van der Waals surface area contributed by atoms with Crippen LogP contribution in [0.3, 0.4) is 0 Å². The summed E-state index contributed by atoms with van der Waals surface area (Å²) in [7, 11) is 2.73. The third-order valence-electron chi connectivity index (χ3n) is 6.39. The second-order valence-electron chi connectivity index (χ2n) is 8.78. The summed E-state index contributed by atoms with van der Waals surface area (Å²) in [5.74, 6) is -2.41. The molecule has 1 atom stereocenters. The number of nitrogens with one attached hydrogen (secondary N) is 1. The molecule has 202 valence electrons. The van der Waals surface area contributed by atoms with E-state index in [-0.39, 0.29) is 38.6 Å². The first kappa shape index (κ1) is 28.0. The largest absolute Gasteiger partial charge is 0.507 e. The number of nitrogens with zero attached hydrogens (tertiary/aromatic N) is 1. The number of Topliss-reactive ketones (excluding diaryl/α,β-unsaturated/α-hetero) is 1. The minimum atomic E-state index is -1.01. The second-order valence-corrected chi connectivity index (χ2v) is 9.57. The minimum Gasteiger partial charge on any atom is -0.507 e. The topological polar surface area (TPSA) is 105 Å². The van der Waals surface area contributed by atoms with Crippen molar-refractivity contribution in [3.05, 3.63) is 86.9 Å². The van der Waals surface area contributed by atoms with Crippen molar-refractivity contribution in [3.63, 3.8) is 0 Å². The van der Waals surface area contributed by atoms with Crippen LogP contribution in [-0.2, 0) is 20.8 Å². The van der Waals surface area contributed by atoms with Crippen LogP contribution in [0.5, 0.6) is 11.5 Å². The number of anilines is 2. The van der Waals surface area contributed by atoms with Gasteiger partial charge in [-0.2, -0.15) is 0 Å². The molecule has 3 aromatic carbocycles. The normalized spacial score (nSPS) is 16.4. The van der Waals surface area contributed by atoms with Gasteiger partial charge >= 0.3 is 0 Å². The number of aliphatic hydroxyl groups is 1. The van der Waals surface area contributed by atoms with E-state index in [9.17, 15) is 19.5 Å². The number of hydrogen-bond donors (Lipinski definition) is 2. The number of aliphatic hydroxyl groups excluding tert-OH is 1. The number of amides is 2. The van der Waals surface area contributed by atoms with E-state index < -0.39 is 23.5 Å². The lowest BCUT2D eigenvalue weighted by Gasteiger charge is -2.26. The summed E-state index contributed by atoms with van der Waals surface area (Å²) in [5, 5.41) is 14.3. The van der Waals surface area contributed by atoms with E-state index in [1.165, 1.54) is 32.1 Å². The molecule has 1 unspecified atom stereocenters. The summed E-state index contributed by atoms with van der Waals surface area (Å²) < 4.78 is 10.7. The summed E-state index contributed by atoms with van der Waals surface area (Å²) in [4.78, 5) is 40.0. The van der Waals surface area contributed by atoms with Crippen LogP contribution in [-0.4, -0.2) is 36.9 Å². The summed E-state index contributed by atoms with van der Waals surface area (Å²) in [6.45, 7) is 3.38. The number of halogens is 2. The van der Waals surface area contributed by atoms with Gasteiger partial charge in [0.25, 0.3) is 11.7 Å². The molecule has 0 bridgehead atoms. The minimum absolute atomic E-state index is 0.00450. The quantitative estimate of drug-likeness (QED) is 0.201. The Morgan fingerprint density at radius 1 is 1.03 bits per heavy atom. The number of aryl methyl sites for hydroxylation is 1. The van der Waals surface area contributed by atoms with Crippen LogP contribution >= 0.6 is 23.2 Å². The van der Waals surface area contributed by atoms with Crippen LogP contribution in [0.25, 0.3) is 5.76 Å². The fourth-order valence-corrected chi connectivity index (χ4v) is 5.27. The maximum atomic E-state index is 13.6. The van der Waals surface area contributed by atoms with Crippen LogP contribution < -0.4 is 19.7 Å². The molecule has 10 heteroatoms. The maximum absolute atomic E-state index is 13.6. The predicted octanol–water partition coefficient (Wildman–Crippen LogP) is 6.16. The number of ketones is 1. The molecular weight excluding hydrogens is 543 g/mol. The van der Waals surface area contributed by atoms with Gasteiger partial charge in [-0.25, -0.2) is 0 Å². The lowest BCUT2D eigenvalue weighted by Crippen LogP contribution is -2.29. The van der Waals surface area contributed by atoms with E-state index >= 15 is 0 Å². The molecule has 4 rings (SSSR count). The van der Waals surface area contributed by atoms with Gasteiger partial charge in [0.2, 0.25) is 5.91 Å². The fraction of sp³-hybridized carbons (Fsp3) is 0.207. The molecule has 1 fully saturated rings. The van der Waals surface area contributed by atoms with Crippen molar-refractivity contribution >= 4 is 57.9 Å². The first-order chi connectivity index (χ1) is 18.6. The van der Waals surface area contributed by atoms with E-state index in [1.807, 2.05) is 19.1 Å². The molecule has 0 spiro atoms. The Kier molecular flexibility index (Phi) is 8.18. The molecule has 0 aliphatic carbocycles. The summed E-state index contributed by atoms with van der Waals surface area (Å²) in [5.41, 5.74) is 2.28. The molecule has 0 saturated carbocycles. The number of carbonyl (C=O) groups excluding carboxylic acids is 3. The van der Waals surface area contributed by atoms with E-state index in [0.29, 0.717) is 16.9 Å². The van der Waals surface area contributed by atoms with Gasteiger partial charge in [0.15, 0.2) is 11.5 Å². The molecule has 1 aliphatic rings. The van der Waals surface area contributed by atoms with Gasteiger partial charge in [0.1, 0.15) is 10.8 Å². The van der Waals surface area contributed by atoms with Crippen LogP contribution in [0.15, 0.2) is 60.2 Å². The summed E-state index contributed by atoms with van der Waals surface area (Å²) in [6.07, 6.45) is 0.791. The highest BCUT2D eigenvalue weighted by Gasteiger charge is 2.47. The fourth-order valence-electron chi connectivity index (χ4n) is 4.58. The van der Waals surface area contributed by atoms with Crippen LogP contribution in [0.1, 0.15) is 36.6 Å². The molecule has 1 aliphatic heterocycles. The highest BCUT2D eigenvalue weighted by atomic mass is 35.5. The van der Waals surface area contributed by atoms with Crippen LogP contribution in [0.4, 0.5) is 11.4 Å². The lowest BCUT2D eigenvalue weighted by molar-refractivity contribution is -0.132. The van der Waals surface area contributed by atoms with Gasteiger partial charge in [0, 0.05) is 18.3 Å². The monoisotopic (exact) mass is 568 g/mol. The third kappa shape index (κ3) is 5.17. The number of ether oxygens (including phenoxy) is 2. The molecule has 8 nitrogen and oxygen atoms in total. The Hall–Kier alpha value is -4.01. The molecule has 2 amide bonds.